The molecule has 0 radical (unpaired) electrons. The number of piperazine rings is 1. The Hall–Kier alpha value is -4.07. The van der Waals surface area contributed by atoms with Crippen molar-refractivity contribution in [3.8, 4) is 5.75 Å². The van der Waals surface area contributed by atoms with Crippen molar-refractivity contribution in [2.75, 3.05) is 48.4 Å². The van der Waals surface area contributed by atoms with E-state index in [1.54, 1.807) is 25.3 Å². The van der Waals surface area contributed by atoms with E-state index in [1.165, 1.54) is 12.1 Å². The molecule has 1 saturated heterocycles. The van der Waals surface area contributed by atoms with Crippen LogP contribution in [-0.4, -0.2) is 51.1 Å². The summed E-state index contributed by atoms with van der Waals surface area (Å²) in [5, 5.41) is 5.84. The SMILES string of the molecule is COc1ccccc1N1CCN(c2ccc(NC(=O)Cc3ccc(F)cc3)cc2C(=O)NC(C)C)CC1. The molecule has 7 nitrogen and oxygen atoms in total. The van der Waals surface area contributed by atoms with Crippen molar-refractivity contribution in [1.82, 2.24) is 5.32 Å². The molecule has 2 N–H and O–H groups in total. The normalized spacial score (nSPS) is 13.4. The monoisotopic (exact) mass is 504 g/mol. The van der Waals surface area contributed by atoms with Gasteiger partial charge in [-0.05, 0) is 61.9 Å². The maximum Gasteiger partial charge on any atom is 0.253 e. The fraction of sp³-hybridized carbons (Fsp3) is 0.310. The Labute approximate surface area is 217 Å². The second-order valence-electron chi connectivity index (χ2n) is 9.36. The third kappa shape index (κ3) is 6.58. The maximum atomic E-state index is 13.2. The smallest absolute Gasteiger partial charge is 0.253 e. The van der Waals surface area contributed by atoms with Gasteiger partial charge in [-0.1, -0.05) is 24.3 Å². The number of anilines is 3. The molecule has 194 valence electrons. The molecule has 2 amide bonds. The number of carbonyl (C=O) groups is 2. The molecule has 37 heavy (non-hydrogen) atoms. The Morgan fingerprint density at radius 2 is 1.57 bits per heavy atom. The molecule has 1 fully saturated rings. The molecule has 0 atom stereocenters. The van der Waals surface area contributed by atoms with Crippen LogP contribution in [-0.2, 0) is 11.2 Å². The summed E-state index contributed by atoms with van der Waals surface area (Å²) in [6, 6.07) is 19.2. The van der Waals surface area contributed by atoms with Gasteiger partial charge in [-0.3, -0.25) is 9.59 Å². The van der Waals surface area contributed by atoms with Crippen molar-refractivity contribution >= 4 is 28.9 Å². The first-order valence-electron chi connectivity index (χ1n) is 12.5. The predicted molar refractivity (Wildman–Crippen MR) is 145 cm³/mol. The second kappa shape index (κ2) is 11.8. The van der Waals surface area contributed by atoms with E-state index in [4.69, 9.17) is 4.74 Å². The van der Waals surface area contributed by atoms with Gasteiger partial charge in [0.2, 0.25) is 5.91 Å². The highest BCUT2D eigenvalue weighted by Gasteiger charge is 2.24. The first kappa shape index (κ1) is 26.0. The van der Waals surface area contributed by atoms with Crippen molar-refractivity contribution in [1.29, 1.82) is 0 Å². The largest absolute Gasteiger partial charge is 0.495 e. The third-order valence-corrected chi connectivity index (χ3v) is 6.27. The van der Waals surface area contributed by atoms with Crippen molar-refractivity contribution in [3.05, 3.63) is 83.7 Å². The number of nitrogens with zero attached hydrogens (tertiary/aromatic N) is 2. The topological polar surface area (TPSA) is 73.9 Å². The van der Waals surface area contributed by atoms with E-state index in [9.17, 15) is 14.0 Å². The van der Waals surface area contributed by atoms with Crippen LogP contribution in [0.3, 0.4) is 0 Å². The lowest BCUT2D eigenvalue weighted by Gasteiger charge is -2.38. The summed E-state index contributed by atoms with van der Waals surface area (Å²) in [5.74, 6) is 0.0739. The van der Waals surface area contributed by atoms with Crippen LogP contribution in [0.15, 0.2) is 66.7 Å². The number of ether oxygens (including phenoxy) is 1. The van der Waals surface area contributed by atoms with Crippen LogP contribution < -0.4 is 25.2 Å². The van der Waals surface area contributed by atoms with E-state index in [0.29, 0.717) is 16.8 Å². The number of para-hydroxylation sites is 2. The molecule has 3 aromatic rings. The fourth-order valence-electron chi connectivity index (χ4n) is 4.48. The molecular weight excluding hydrogens is 471 g/mol. The number of rotatable bonds is 8. The van der Waals surface area contributed by atoms with E-state index in [0.717, 1.165) is 43.3 Å². The molecule has 3 aromatic carbocycles. The summed E-state index contributed by atoms with van der Waals surface area (Å²) in [7, 11) is 1.68. The number of hydrogen-bond acceptors (Lipinski definition) is 5. The molecule has 8 heteroatoms. The van der Waals surface area contributed by atoms with Gasteiger partial charge in [0.05, 0.1) is 24.8 Å². The van der Waals surface area contributed by atoms with Gasteiger partial charge in [0, 0.05) is 43.6 Å². The summed E-state index contributed by atoms with van der Waals surface area (Å²) in [5.41, 5.74) is 3.65. The van der Waals surface area contributed by atoms with Gasteiger partial charge in [0.25, 0.3) is 5.91 Å². The molecule has 0 bridgehead atoms. The number of hydrogen-bond donors (Lipinski definition) is 2. The van der Waals surface area contributed by atoms with Crippen molar-refractivity contribution in [3.63, 3.8) is 0 Å². The van der Waals surface area contributed by atoms with Crippen LogP contribution in [0.2, 0.25) is 0 Å². The summed E-state index contributed by atoms with van der Waals surface area (Å²) >= 11 is 0. The van der Waals surface area contributed by atoms with Gasteiger partial charge < -0.3 is 25.2 Å². The average molecular weight is 505 g/mol. The van der Waals surface area contributed by atoms with Crippen LogP contribution >= 0.6 is 0 Å². The van der Waals surface area contributed by atoms with Crippen molar-refractivity contribution in [2.24, 2.45) is 0 Å². The Morgan fingerprint density at radius 1 is 0.919 bits per heavy atom. The molecule has 0 spiro atoms. The highest BCUT2D eigenvalue weighted by Crippen LogP contribution is 2.31. The Morgan fingerprint density at radius 3 is 2.22 bits per heavy atom. The lowest BCUT2D eigenvalue weighted by atomic mass is 10.1. The Kier molecular flexibility index (Phi) is 8.28. The average Bonchev–Trinajstić information content (AvgIpc) is 2.89. The molecular formula is C29H33FN4O3. The minimum Gasteiger partial charge on any atom is -0.495 e. The minimum atomic E-state index is -0.343. The summed E-state index contributed by atoms with van der Waals surface area (Å²) in [6.07, 6.45) is 0.112. The molecule has 0 saturated carbocycles. The predicted octanol–water partition coefficient (Wildman–Crippen LogP) is 4.48. The number of amides is 2. The highest BCUT2D eigenvalue weighted by atomic mass is 19.1. The van der Waals surface area contributed by atoms with Gasteiger partial charge in [-0.2, -0.15) is 0 Å². The first-order chi connectivity index (χ1) is 17.8. The standard InChI is InChI=1S/C29H33FN4O3/c1-20(2)31-29(36)24-19-23(32-28(35)18-21-8-10-22(30)11-9-21)12-13-25(24)33-14-16-34(17-15-33)26-6-4-5-7-27(26)37-3/h4-13,19-20H,14-18H2,1-3H3,(H,31,36)(H,32,35). The first-order valence-corrected chi connectivity index (χ1v) is 12.5. The van der Waals surface area contributed by atoms with E-state index < -0.39 is 0 Å². The third-order valence-electron chi connectivity index (χ3n) is 6.27. The zero-order chi connectivity index (χ0) is 26.4. The van der Waals surface area contributed by atoms with Gasteiger partial charge in [-0.25, -0.2) is 4.39 Å². The zero-order valence-electron chi connectivity index (χ0n) is 21.5. The number of halogens is 1. The highest BCUT2D eigenvalue weighted by molar-refractivity contribution is 6.02. The molecule has 0 unspecified atom stereocenters. The van der Waals surface area contributed by atoms with E-state index in [-0.39, 0.29) is 30.1 Å². The van der Waals surface area contributed by atoms with Gasteiger partial charge >= 0.3 is 0 Å². The van der Waals surface area contributed by atoms with Crippen LogP contribution in [0.25, 0.3) is 0 Å². The van der Waals surface area contributed by atoms with Gasteiger partial charge in [-0.15, -0.1) is 0 Å². The quantitative estimate of drug-likeness (QED) is 0.473. The Balaban J connectivity index is 1.50. The number of nitrogens with one attached hydrogen (secondary N) is 2. The lowest BCUT2D eigenvalue weighted by Crippen LogP contribution is -2.47. The van der Waals surface area contributed by atoms with Gasteiger partial charge in [0.1, 0.15) is 11.6 Å². The Bertz CT molecular complexity index is 1240. The molecule has 0 aliphatic carbocycles. The van der Waals surface area contributed by atoms with Crippen LogP contribution in [0.1, 0.15) is 29.8 Å². The molecule has 4 rings (SSSR count). The van der Waals surface area contributed by atoms with E-state index in [2.05, 4.69) is 26.5 Å². The molecule has 1 aliphatic heterocycles. The fourth-order valence-corrected chi connectivity index (χ4v) is 4.48. The van der Waals surface area contributed by atoms with Crippen molar-refractivity contribution in [2.45, 2.75) is 26.3 Å². The number of benzene rings is 3. The van der Waals surface area contributed by atoms with Crippen LogP contribution in [0.4, 0.5) is 21.5 Å². The summed E-state index contributed by atoms with van der Waals surface area (Å²) in [6.45, 7) is 6.85. The number of methoxy groups -OCH3 is 1. The van der Waals surface area contributed by atoms with Crippen LogP contribution in [0.5, 0.6) is 5.75 Å². The zero-order valence-corrected chi connectivity index (χ0v) is 21.5. The number of carbonyl (C=O) groups excluding carboxylic acids is 2. The molecule has 1 heterocycles. The lowest BCUT2D eigenvalue weighted by molar-refractivity contribution is -0.115. The molecule has 1 aliphatic rings. The van der Waals surface area contributed by atoms with E-state index in [1.807, 2.05) is 44.2 Å². The van der Waals surface area contributed by atoms with E-state index >= 15 is 0 Å². The van der Waals surface area contributed by atoms with Gasteiger partial charge in [0.15, 0.2) is 0 Å². The van der Waals surface area contributed by atoms with Crippen LogP contribution in [0, 0.1) is 5.82 Å². The second-order valence-corrected chi connectivity index (χ2v) is 9.36. The summed E-state index contributed by atoms with van der Waals surface area (Å²) < 4.78 is 18.7. The molecule has 0 aromatic heterocycles. The summed E-state index contributed by atoms with van der Waals surface area (Å²) in [4.78, 5) is 30.2. The maximum absolute atomic E-state index is 13.2. The van der Waals surface area contributed by atoms with Crippen molar-refractivity contribution < 1.29 is 18.7 Å². The minimum absolute atomic E-state index is 0.0283.